The van der Waals surface area contributed by atoms with Crippen LogP contribution in [0.25, 0.3) is 0 Å². The lowest BCUT2D eigenvalue weighted by atomic mass is 10.00. The van der Waals surface area contributed by atoms with Crippen molar-refractivity contribution in [1.82, 2.24) is 0 Å². The molecule has 3 heteroatoms. The summed E-state index contributed by atoms with van der Waals surface area (Å²) in [4.78, 5) is 0. The second-order valence-electron chi connectivity index (χ2n) is 3.58. The molecule has 0 fully saturated rings. The van der Waals surface area contributed by atoms with Crippen LogP contribution in [0, 0.1) is 5.82 Å². The van der Waals surface area contributed by atoms with Crippen LogP contribution < -0.4 is 5.73 Å². The molecule has 0 saturated carbocycles. The van der Waals surface area contributed by atoms with Crippen molar-refractivity contribution in [2.45, 2.75) is 6.04 Å². The summed E-state index contributed by atoms with van der Waals surface area (Å²) >= 11 is 5.79. The summed E-state index contributed by atoms with van der Waals surface area (Å²) in [6, 6.07) is 13.3. The number of hydrogen-bond donors (Lipinski definition) is 1. The molecule has 2 N–H and O–H groups in total. The van der Waals surface area contributed by atoms with Crippen LogP contribution in [0.3, 0.4) is 0 Å². The summed E-state index contributed by atoms with van der Waals surface area (Å²) in [5.41, 5.74) is 7.88. The molecular formula is C13H11ClFN. The van der Waals surface area contributed by atoms with E-state index in [1.54, 1.807) is 24.3 Å². The Morgan fingerprint density at radius 2 is 1.31 bits per heavy atom. The van der Waals surface area contributed by atoms with Gasteiger partial charge < -0.3 is 5.73 Å². The summed E-state index contributed by atoms with van der Waals surface area (Å²) < 4.78 is 12.7. The van der Waals surface area contributed by atoms with Gasteiger partial charge in [-0.25, -0.2) is 4.39 Å². The van der Waals surface area contributed by atoms with E-state index in [1.165, 1.54) is 12.1 Å². The molecule has 0 radical (unpaired) electrons. The number of halogens is 2. The molecule has 0 aliphatic rings. The highest BCUT2D eigenvalue weighted by atomic mass is 35.5. The smallest absolute Gasteiger partial charge is 0.123 e. The average Bonchev–Trinajstić information content (AvgIpc) is 2.30. The Labute approximate surface area is 98.7 Å². The van der Waals surface area contributed by atoms with E-state index >= 15 is 0 Å². The predicted molar refractivity (Wildman–Crippen MR) is 63.9 cm³/mol. The van der Waals surface area contributed by atoms with Crippen LogP contribution in [-0.2, 0) is 0 Å². The fourth-order valence-corrected chi connectivity index (χ4v) is 1.66. The highest BCUT2D eigenvalue weighted by Gasteiger charge is 2.08. The zero-order valence-corrected chi connectivity index (χ0v) is 9.29. The lowest BCUT2D eigenvalue weighted by molar-refractivity contribution is 0.626. The highest BCUT2D eigenvalue weighted by molar-refractivity contribution is 6.30. The van der Waals surface area contributed by atoms with E-state index in [-0.39, 0.29) is 11.9 Å². The number of hydrogen-bond acceptors (Lipinski definition) is 1. The summed E-state index contributed by atoms with van der Waals surface area (Å²) in [6.45, 7) is 0. The van der Waals surface area contributed by atoms with Gasteiger partial charge in [0.15, 0.2) is 0 Å². The summed E-state index contributed by atoms with van der Waals surface area (Å²) in [5.74, 6) is -0.257. The van der Waals surface area contributed by atoms with Gasteiger partial charge in [-0.2, -0.15) is 0 Å². The van der Waals surface area contributed by atoms with Gasteiger partial charge in [0.2, 0.25) is 0 Å². The van der Waals surface area contributed by atoms with Crippen LogP contribution in [0.5, 0.6) is 0 Å². The Kier molecular flexibility index (Phi) is 3.22. The van der Waals surface area contributed by atoms with E-state index in [4.69, 9.17) is 17.3 Å². The third kappa shape index (κ3) is 2.40. The molecule has 2 aromatic rings. The van der Waals surface area contributed by atoms with Crippen LogP contribution in [0.15, 0.2) is 48.5 Å². The zero-order chi connectivity index (χ0) is 11.5. The van der Waals surface area contributed by atoms with Gasteiger partial charge in [0.25, 0.3) is 0 Å². The van der Waals surface area contributed by atoms with Crippen LogP contribution >= 0.6 is 11.6 Å². The standard InChI is InChI=1S/C13H11ClFN/c14-11-5-1-9(2-6-11)13(16)10-3-7-12(15)8-4-10/h1-8,13H,16H2/t13-/m1/s1. The highest BCUT2D eigenvalue weighted by Crippen LogP contribution is 2.21. The first kappa shape index (κ1) is 11.1. The summed E-state index contributed by atoms with van der Waals surface area (Å²) in [6.07, 6.45) is 0. The molecule has 16 heavy (non-hydrogen) atoms. The maximum atomic E-state index is 12.7. The van der Waals surface area contributed by atoms with E-state index < -0.39 is 0 Å². The lowest BCUT2D eigenvalue weighted by Crippen LogP contribution is -2.11. The van der Waals surface area contributed by atoms with Crippen LogP contribution in [0.1, 0.15) is 17.2 Å². The van der Waals surface area contributed by atoms with E-state index in [9.17, 15) is 4.39 Å². The van der Waals surface area contributed by atoms with Gasteiger partial charge in [-0.1, -0.05) is 35.9 Å². The van der Waals surface area contributed by atoms with Crippen LogP contribution in [-0.4, -0.2) is 0 Å². The molecule has 0 aromatic heterocycles. The molecular weight excluding hydrogens is 225 g/mol. The number of rotatable bonds is 2. The van der Waals surface area contributed by atoms with Crippen molar-refractivity contribution in [2.24, 2.45) is 5.73 Å². The molecule has 0 aliphatic carbocycles. The maximum absolute atomic E-state index is 12.7. The van der Waals surface area contributed by atoms with E-state index in [0.29, 0.717) is 5.02 Å². The van der Waals surface area contributed by atoms with Crippen molar-refractivity contribution in [3.63, 3.8) is 0 Å². The minimum Gasteiger partial charge on any atom is -0.320 e. The monoisotopic (exact) mass is 235 g/mol. The van der Waals surface area contributed by atoms with Crippen molar-refractivity contribution in [3.05, 3.63) is 70.5 Å². The Bertz CT molecular complexity index is 419. The Hall–Kier alpha value is -1.38. The zero-order valence-electron chi connectivity index (χ0n) is 8.53. The fourth-order valence-electron chi connectivity index (χ4n) is 1.53. The third-order valence-electron chi connectivity index (χ3n) is 2.46. The number of nitrogens with two attached hydrogens (primary N) is 1. The van der Waals surface area contributed by atoms with Gasteiger partial charge in [-0.15, -0.1) is 0 Å². The van der Waals surface area contributed by atoms with Gasteiger partial charge in [0, 0.05) is 5.02 Å². The van der Waals surface area contributed by atoms with Crippen LogP contribution in [0.2, 0.25) is 5.02 Å². The Morgan fingerprint density at radius 1 is 0.875 bits per heavy atom. The Balaban J connectivity index is 2.28. The Morgan fingerprint density at radius 3 is 1.81 bits per heavy atom. The molecule has 0 aliphatic heterocycles. The van der Waals surface area contributed by atoms with Crippen molar-refractivity contribution >= 4 is 11.6 Å². The van der Waals surface area contributed by atoms with E-state index in [2.05, 4.69) is 0 Å². The third-order valence-corrected chi connectivity index (χ3v) is 2.71. The molecule has 82 valence electrons. The van der Waals surface area contributed by atoms with Crippen LogP contribution in [0.4, 0.5) is 4.39 Å². The van der Waals surface area contributed by atoms with Gasteiger partial charge in [0.05, 0.1) is 6.04 Å². The normalized spacial score (nSPS) is 12.4. The summed E-state index contributed by atoms with van der Waals surface area (Å²) in [5, 5.41) is 0.676. The van der Waals surface area contributed by atoms with Crippen molar-refractivity contribution in [3.8, 4) is 0 Å². The first-order chi connectivity index (χ1) is 7.66. The molecule has 0 bridgehead atoms. The molecule has 0 spiro atoms. The van der Waals surface area contributed by atoms with Crippen molar-refractivity contribution in [2.75, 3.05) is 0 Å². The maximum Gasteiger partial charge on any atom is 0.123 e. The largest absolute Gasteiger partial charge is 0.320 e. The minimum atomic E-state index is -0.257. The second-order valence-corrected chi connectivity index (χ2v) is 4.02. The second kappa shape index (κ2) is 4.64. The molecule has 0 unspecified atom stereocenters. The fraction of sp³-hybridized carbons (Fsp3) is 0.0769. The average molecular weight is 236 g/mol. The van der Waals surface area contributed by atoms with Gasteiger partial charge in [-0.3, -0.25) is 0 Å². The number of benzene rings is 2. The van der Waals surface area contributed by atoms with Gasteiger partial charge in [0.1, 0.15) is 5.82 Å². The van der Waals surface area contributed by atoms with E-state index in [0.717, 1.165) is 11.1 Å². The molecule has 1 nitrogen and oxygen atoms in total. The van der Waals surface area contributed by atoms with Gasteiger partial charge in [-0.05, 0) is 35.4 Å². The molecule has 2 aromatic carbocycles. The molecule has 0 heterocycles. The lowest BCUT2D eigenvalue weighted by Gasteiger charge is -2.12. The first-order valence-corrected chi connectivity index (χ1v) is 5.31. The summed E-state index contributed by atoms with van der Waals surface area (Å²) in [7, 11) is 0. The minimum absolute atomic E-state index is 0.252. The quantitative estimate of drug-likeness (QED) is 0.847. The van der Waals surface area contributed by atoms with Gasteiger partial charge >= 0.3 is 0 Å². The van der Waals surface area contributed by atoms with Crippen molar-refractivity contribution < 1.29 is 4.39 Å². The topological polar surface area (TPSA) is 26.0 Å². The first-order valence-electron chi connectivity index (χ1n) is 4.93. The van der Waals surface area contributed by atoms with Crippen molar-refractivity contribution in [1.29, 1.82) is 0 Å². The SMILES string of the molecule is N[C@@H](c1ccc(F)cc1)c1ccc(Cl)cc1. The van der Waals surface area contributed by atoms with E-state index in [1.807, 2.05) is 12.1 Å². The molecule has 0 amide bonds. The molecule has 0 saturated heterocycles. The molecule has 2 rings (SSSR count). The molecule has 1 atom stereocenters. The predicted octanol–water partition coefficient (Wildman–Crippen LogP) is 3.53.